The average Bonchev–Trinajstić information content (AvgIpc) is 2.30. The van der Waals surface area contributed by atoms with Gasteiger partial charge in [-0.2, -0.15) is 0 Å². The summed E-state index contributed by atoms with van der Waals surface area (Å²) in [5.74, 6) is 0.167. The molecule has 2 aromatic carbocycles. The number of nitrogen functional groups attached to an aromatic ring is 1. The molecule has 0 aliphatic heterocycles. The Labute approximate surface area is 105 Å². The van der Waals surface area contributed by atoms with Gasteiger partial charge in [-0.1, -0.05) is 36.4 Å². The number of rotatable bonds is 2. The van der Waals surface area contributed by atoms with Crippen LogP contribution >= 0.6 is 7.82 Å². The number of anilines is 1. The number of hydrogen-bond acceptors (Lipinski definition) is 3. The lowest BCUT2D eigenvalue weighted by Gasteiger charge is -2.04. The van der Waals surface area contributed by atoms with Crippen molar-refractivity contribution < 1.29 is 18.9 Å². The summed E-state index contributed by atoms with van der Waals surface area (Å²) < 4.78 is 14.5. The van der Waals surface area contributed by atoms with Gasteiger partial charge in [-0.05, 0) is 24.3 Å². The maximum Gasteiger partial charge on any atom is 0.524 e. The van der Waals surface area contributed by atoms with Crippen LogP contribution in [0.25, 0.3) is 0 Å². The summed E-state index contributed by atoms with van der Waals surface area (Å²) in [6.45, 7) is 0. The standard InChI is InChI=1S/C6H7N.C6H7O4P/c7-6-4-2-1-3-5-6;7-11(8,9)10-6-4-2-1-3-5-6/h1-5H,7H2;1-5H,(H2,7,8,9). The number of para-hydroxylation sites is 2. The summed E-state index contributed by atoms with van der Waals surface area (Å²) in [6, 6.07) is 17.4. The molecule has 5 nitrogen and oxygen atoms in total. The van der Waals surface area contributed by atoms with Crippen LogP contribution in [0.1, 0.15) is 0 Å². The summed E-state index contributed by atoms with van der Waals surface area (Å²) in [7, 11) is -4.39. The first kappa shape index (κ1) is 14.3. The van der Waals surface area contributed by atoms with Crippen LogP contribution < -0.4 is 10.3 Å². The molecule has 0 fully saturated rings. The minimum absolute atomic E-state index is 0.167. The van der Waals surface area contributed by atoms with Crippen LogP contribution in [0.4, 0.5) is 5.69 Å². The summed E-state index contributed by atoms with van der Waals surface area (Å²) in [6.07, 6.45) is 0. The molecule has 0 atom stereocenters. The highest BCUT2D eigenvalue weighted by Crippen LogP contribution is 2.36. The fourth-order valence-corrected chi connectivity index (χ4v) is 1.47. The Kier molecular flexibility index (Phi) is 5.39. The van der Waals surface area contributed by atoms with Gasteiger partial charge in [0.25, 0.3) is 0 Å². The molecule has 96 valence electrons. The number of benzene rings is 2. The second-order valence-electron chi connectivity index (χ2n) is 3.31. The maximum atomic E-state index is 10.3. The molecule has 0 heterocycles. The van der Waals surface area contributed by atoms with Gasteiger partial charge in [0.05, 0.1) is 0 Å². The van der Waals surface area contributed by atoms with Crippen LogP contribution in [0.2, 0.25) is 0 Å². The van der Waals surface area contributed by atoms with E-state index in [4.69, 9.17) is 15.5 Å². The topological polar surface area (TPSA) is 92.8 Å². The van der Waals surface area contributed by atoms with E-state index in [-0.39, 0.29) is 5.75 Å². The Bertz CT molecular complexity index is 498. The second kappa shape index (κ2) is 6.81. The van der Waals surface area contributed by atoms with Gasteiger partial charge >= 0.3 is 7.82 Å². The molecule has 0 amide bonds. The van der Waals surface area contributed by atoms with Gasteiger partial charge in [0.2, 0.25) is 0 Å². The first-order chi connectivity index (χ1) is 8.47. The van der Waals surface area contributed by atoms with Gasteiger partial charge in [-0.3, -0.25) is 9.79 Å². The van der Waals surface area contributed by atoms with E-state index in [0.29, 0.717) is 0 Å². The van der Waals surface area contributed by atoms with E-state index in [2.05, 4.69) is 4.52 Å². The highest BCUT2D eigenvalue weighted by Gasteiger charge is 2.14. The molecule has 0 saturated heterocycles. The van der Waals surface area contributed by atoms with E-state index in [9.17, 15) is 4.57 Å². The maximum absolute atomic E-state index is 10.3. The highest BCUT2D eigenvalue weighted by molar-refractivity contribution is 7.46. The van der Waals surface area contributed by atoms with Crippen molar-refractivity contribution in [2.24, 2.45) is 0 Å². The van der Waals surface area contributed by atoms with Crippen LogP contribution in [-0.4, -0.2) is 9.79 Å². The normalized spacial score (nSPS) is 10.1. The fourth-order valence-electron chi connectivity index (χ4n) is 1.07. The third kappa shape index (κ3) is 6.70. The molecule has 0 unspecified atom stereocenters. The lowest BCUT2D eigenvalue weighted by molar-refractivity contribution is 0.283. The van der Waals surface area contributed by atoms with E-state index in [1.807, 2.05) is 30.3 Å². The van der Waals surface area contributed by atoms with Crippen molar-refractivity contribution in [2.75, 3.05) is 5.73 Å². The monoisotopic (exact) mass is 267 g/mol. The predicted octanol–water partition coefficient (Wildman–Crippen LogP) is 2.43. The van der Waals surface area contributed by atoms with E-state index >= 15 is 0 Å². The molecule has 0 aliphatic rings. The molecular formula is C12H14NO4P. The molecule has 18 heavy (non-hydrogen) atoms. The first-order valence-electron chi connectivity index (χ1n) is 5.08. The zero-order chi connectivity index (χ0) is 13.4. The molecule has 2 rings (SSSR count). The summed E-state index contributed by atoms with van der Waals surface area (Å²) in [5.41, 5.74) is 6.18. The number of nitrogens with two attached hydrogens (primary N) is 1. The minimum Gasteiger partial charge on any atom is -0.404 e. The molecule has 0 spiro atoms. The number of hydrogen-bond donors (Lipinski definition) is 3. The lowest BCUT2D eigenvalue weighted by Crippen LogP contribution is -1.88. The molecule has 4 N–H and O–H groups in total. The van der Waals surface area contributed by atoms with Crippen molar-refractivity contribution in [1.82, 2.24) is 0 Å². The zero-order valence-electron chi connectivity index (χ0n) is 9.51. The van der Waals surface area contributed by atoms with E-state index in [1.54, 1.807) is 18.2 Å². The predicted molar refractivity (Wildman–Crippen MR) is 70.0 cm³/mol. The van der Waals surface area contributed by atoms with Gasteiger partial charge in [0.1, 0.15) is 5.75 Å². The van der Waals surface area contributed by atoms with Gasteiger partial charge in [0.15, 0.2) is 0 Å². The Morgan fingerprint density at radius 2 is 1.33 bits per heavy atom. The molecule has 0 saturated carbocycles. The van der Waals surface area contributed by atoms with Crippen molar-refractivity contribution in [1.29, 1.82) is 0 Å². The number of phosphoric acid groups is 1. The van der Waals surface area contributed by atoms with Crippen LogP contribution in [0.5, 0.6) is 5.75 Å². The third-order valence-electron chi connectivity index (χ3n) is 1.77. The van der Waals surface area contributed by atoms with Crippen LogP contribution in [0, 0.1) is 0 Å². The Morgan fingerprint density at radius 3 is 1.67 bits per heavy atom. The van der Waals surface area contributed by atoms with Gasteiger partial charge in [-0.15, -0.1) is 0 Å². The molecule has 6 heteroatoms. The average molecular weight is 267 g/mol. The van der Waals surface area contributed by atoms with Gasteiger partial charge in [0, 0.05) is 5.69 Å². The molecule has 0 bridgehead atoms. The van der Waals surface area contributed by atoms with E-state index in [1.165, 1.54) is 12.1 Å². The van der Waals surface area contributed by atoms with Crippen LogP contribution in [0.15, 0.2) is 60.7 Å². The first-order valence-corrected chi connectivity index (χ1v) is 6.61. The quantitative estimate of drug-likeness (QED) is 0.574. The fraction of sp³-hybridized carbons (Fsp3) is 0. The number of phosphoric ester groups is 1. The second-order valence-corrected chi connectivity index (χ2v) is 4.47. The Hall–Kier alpha value is -1.81. The minimum atomic E-state index is -4.39. The van der Waals surface area contributed by atoms with Crippen molar-refractivity contribution in [3.05, 3.63) is 60.7 Å². The van der Waals surface area contributed by atoms with Crippen LogP contribution in [-0.2, 0) is 4.57 Å². The summed E-state index contributed by atoms with van der Waals surface area (Å²) in [5, 5.41) is 0. The summed E-state index contributed by atoms with van der Waals surface area (Å²) >= 11 is 0. The molecule has 0 aliphatic carbocycles. The van der Waals surface area contributed by atoms with E-state index < -0.39 is 7.82 Å². The highest BCUT2D eigenvalue weighted by atomic mass is 31.2. The molecule has 0 aromatic heterocycles. The van der Waals surface area contributed by atoms with Crippen molar-refractivity contribution >= 4 is 13.5 Å². The van der Waals surface area contributed by atoms with Crippen molar-refractivity contribution in [3.63, 3.8) is 0 Å². The van der Waals surface area contributed by atoms with Crippen molar-refractivity contribution in [3.8, 4) is 5.75 Å². The van der Waals surface area contributed by atoms with E-state index in [0.717, 1.165) is 5.69 Å². The Balaban J connectivity index is 0.000000199. The lowest BCUT2D eigenvalue weighted by atomic mass is 10.3. The zero-order valence-corrected chi connectivity index (χ0v) is 10.4. The van der Waals surface area contributed by atoms with Gasteiger partial charge < -0.3 is 10.3 Å². The van der Waals surface area contributed by atoms with Crippen LogP contribution in [0.3, 0.4) is 0 Å². The van der Waals surface area contributed by atoms with Crippen molar-refractivity contribution in [2.45, 2.75) is 0 Å². The third-order valence-corrected chi connectivity index (χ3v) is 2.22. The van der Waals surface area contributed by atoms with Gasteiger partial charge in [-0.25, -0.2) is 4.57 Å². The SMILES string of the molecule is Nc1ccccc1.O=P(O)(O)Oc1ccccc1. The largest absolute Gasteiger partial charge is 0.524 e. The molecule has 2 aromatic rings. The smallest absolute Gasteiger partial charge is 0.404 e. The molecular weight excluding hydrogens is 253 g/mol. The Morgan fingerprint density at radius 1 is 0.889 bits per heavy atom. The summed E-state index contributed by atoms with van der Waals surface area (Å²) in [4.78, 5) is 16.7. The molecule has 0 radical (unpaired) electrons.